The molecule has 0 N–H and O–H groups in total. The summed E-state index contributed by atoms with van der Waals surface area (Å²) in [6, 6.07) is 0. The van der Waals surface area contributed by atoms with Crippen LogP contribution in [0.2, 0.25) is 0 Å². The van der Waals surface area contributed by atoms with Crippen molar-refractivity contribution in [2.24, 2.45) is 5.41 Å². The van der Waals surface area contributed by atoms with Gasteiger partial charge in [-0.15, -0.1) is 11.6 Å². The van der Waals surface area contributed by atoms with Gasteiger partial charge in [-0.2, -0.15) is 0 Å². The predicted molar refractivity (Wildman–Crippen MR) is 78.3 cm³/mol. The third-order valence-corrected chi connectivity index (χ3v) is 4.87. The Bertz CT molecular complexity index is 266. The zero-order chi connectivity index (χ0) is 13.2. The van der Waals surface area contributed by atoms with Gasteiger partial charge in [-0.25, -0.2) is 0 Å². The molecule has 1 aliphatic carbocycles. The molecular weight excluding hydrogens is 244 g/mol. The van der Waals surface area contributed by atoms with Crippen LogP contribution in [0.25, 0.3) is 0 Å². The van der Waals surface area contributed by atoms with Crippen LogP contribution in [0.1, 0.15) is 78.6 Å². The quantitative estimate of drug-likeness (QED) is 0.631. The molecule has 1 spiro atoms. The Labute approximate surface area is 118 Å². The third kappa shape index (κ3) is 3.87. The summed E-state index contributed by atoms with van der Waals surface area (Å²) in [5, 5.41) is 0.269. The molecule has 0 aromatic carbocycles. The fourth-order valence-electron chi connectivity index (χ4n) is 4.06. The number of hydrogen-bond acceptors (Lipinski definition) is 1. The molecule has 1 heterocycles. The van der Waals surface area contributed by atoms with Gasteiger partial charge in [0.25, 0.3) is 0 Å². The second-order valence-electron chi connectivity index (χ2n) is 7.38. The highest BCUT2D eigenvalue weighted by Crippen LogP contribution is 2.45. The highest BCUT2D eigenvalue weighted by Gasteiger charge is 2.42. The number of rotatable bonds is 4. The maximum absolute atomic E-state index is 6.46. The van der Waals surface area contributed by atoms with E-state index in [4.69, 9.17) is 16.3 Å². The highest BCUT2D eigenvalue weighted by atomic mass is 35.5. The zero-order valence-corrected chi connectivity index (χ0v) is 13.1. The van der Waals surface area contributed by atoms with Crippen molar-refractivity contribution >= 4 is 11.6 Å². The molecule has 1 nitrogen and oxygen atoms in total. The fraction of sp³-hybridized carbons (Fsp3) is 1.00. The summed E-state index contributed by atoms with van der Waals surface area (Å²) in [6.07, 6.45) is 12.0. The van der Waals surface area contributed by atoms with E-state index in [1.807, 2.05) is 0 Å². The molecule has 1 saturated heterocycles. The first-order chi connectivity index (χ1) is 8.41. The molecule has 1 saturated carbocycles. The molecule has 0 bridgehead atoms. The molecule has 2 unspecified atom stereocenters. The van der Waals surface area contributed by atoms with Gasteiger partial charge in [0.2, 0.25) is 0 Å². The van der Waals surface area contributed by atoms with E-state index in [-0.39, 0.29) is 11.0 Å². The van der Waals surface area contributed by atoms with Gasteiger partial charge in [-0.05, 0) is 50.9 Å². The summed E-state index contributed by atoms with van der Waals surface area (Å²) in [4.78, 5) is 0. The first kappa shape index (κ1) is 14.7. The third-order valence-electron chi connectivity index (χ3n) is 4.72. The van der Waals surface area contributed by atoms with Crippen LogP contribution in [0.5, 0.6) is 0 Å². The van der Waals surface area contributed by atoms with Gasteiger partial charge < -0.3 is 4.74 Å². The van der Waals surface area contributed by atoms with E-state index >= 15 is 0 Å². The summed E-state index contributed by atoms with van der Waals surface area (Å²) in [5.41, 5.74) is 0.581. The maximum atomic E-state index is 6.46. The monoisotopic (exact) mass is 272 g/mol. The molecule has 1 aliphatic heterocycles. The lowest BCUT2D eigenvalue weighted by atomic mass is 9.81. The van der Waals surface area contributed by atoms with E-state index in [9.17, 15) is 0 Å². The Morgan fingerprint density at radius 3 is 2.50 bits per heavy atom. The molecule has 0 radical (unpaired) electrons. The minimum absolute atomic E-state index is 0.269. The van der Waals surface area contributed by atoms with Crippen LogP contribution in [0, 0.1) is 5.41 Å². The van der Waals surface area contributed by atoms with Gasteiger partial charge in [0, 0.05) is 5.38 Å². The Hall–Kier alpha value is 0.250. The summed E-state index contributed by atoms with van der Waals surface area (Å²) < 4.78 is 6.46. The topological polar surface area (TPSA) is 9.23 Å². The van der Waals surface area contributed by atoms with Gasteiger partial charge in [-0.1, -0.05) is 33.1 Å². The van der Waals surface area contributed by atoms with Crippen molar-refractivity contribution in [3.63, 3.8) is 0 Å². The molecule has 2 atom stereocenters. The van der Waals surface area contributed by atoms with Crippen LogP contribution in [0.15, 0.2) is 0 Å². The lowest BCUT2D eigenvalue weighted by Crippen LogP contribution is -2.33. The van der Waals surface area contributed by atoms with Crippen molar-refractivity contribution in [3.05, 3.63) is 0 Å². The number of ether oxygens (including phenoxy) is 1. The molecule has 18 heavy (non-hydrogen) atoms. The van der Waals surface area contributed by atoms with Crippen LogP contribution in [-0.4, -0.2) is 17.1 Å². The smallest absolute Gasteiger partial charge is 0.0687 e. The minimum Gasteiger partial charge on any atom is -0.372 e. The first-order valence-electron chi connectivity index (χ1n) is 7.73. The van der Waals surface area contributed by atoms with Crippen LogP contribution >= 0.6 is 11.6 Å². The van der Waals surface area contributed by atoms with Crippen LogP contribution < -0.4 is 0 Å². The molecule has 0 amide bonds. The normalized spacial score (nSPS) is 29.7. The van der Waals surface area contributed by atoms with Crippen molar-refractivity contribution in [2.75, 3.05) is 0 Å². The van der Waals surface area contributed by atoms with Crippen molar-refractivity contribution in [3.8, 4) is 0 Å². The highest BCUT2D eigenvalue weighted by molar-refractivity contribution is 6.20. The molecule has 106 valence electrons. The Morgan fingerprint density at radius 1 is 1.22 bits per heavy atom. The van der Waals surface area contributed by atoms with Gasteiger partial charge in [-0.3, -0.25) is 0 Å². The lowest BCUT2D eigenvalue weighted by molar-refractivity contribution is -0.0750. The average molecular weight is 273 g/mol. The maximum Gasteiger partial charge on any atom is 0.0687 e. The summed E-state index contributed by atoms with van der Waals surface area (Å²) in [6.45, 7) is 6.77. The summed E-state index contributed by atoms with van der Waals surface area (Å²) >= 11 is 6.15. The Balaban J connectivity index is 1.85. The molecule has 2 rings (SSSR count). The Kier molecular flexibility index (Phi) is 4.65. The van der Waals surface area contributed by atoms with Crippen LogP contribution in [0.4, 0.5) is 0 Å². The Morgan fingerprint density at radius 2 is 1.89 bits per heavy atom. The lowest BCUT2D eigenvalue weighted by Gasteiger charge is -2.35. The van der Waals surface area contributed by atoms with E-state index in [1.165, 1.54) is 51.4 Å². The standard InChI is InChI=1S/C16H29ClO/c1-13(17)11-15(2,3)12-14-7-10-16(18-14)8-5-4-6-9-16/h13-14H,4-12H2,1-3H3. The largest absolute Gasteiger partial charge is 0.372 e. The number of alkyl halides is 1. The molecule has 2 aliphatic rings. The second-order valence-corrected chi connectivity index (χ2v) is 8.12. The van der Waals surface area contributed by atoms with Gasteiger partial charge in [0.1, 0.15) is 0 Å². The summed E-state index contributed by atoms with van der Waals surface area (Å²) in [5.74, 6) is 0. The van der Waals surface area contributed by atoms with Crippen LogP contribution in [0.3, 0.4) is 0 Å². The van der Waals surface area contributed by atoms with Crippen molar-refractivity contribution < 1.29 is 4.74 Å². The van der Waals surface area contributed by atoms with Gasteiger partial charge in [0.05, 0.1) is 11.7 Å². The molecule has 0 aromatic heterocycles. The van der Waals surface area contributed by atoms with Gasteiger partial charge >= 0.3 is 0 Å². The van der Waals surface area contributed by atoms with Crippen molar-refractivity contribution in [1.29, 1.82) is 0 Å². The minimum atomic E-state index is 0.269. The van der Waals surface area contributed by atoms with E-state index in [0.717, 1.165) is 6.42 Å². The molecular formula is C16H29ClO. The number of hydrogen-bond donors (Lipinski definition) is 0. The van der Waals surface area contributed by atoms with Crippen molar-refractivity contribution in [1.82, 2.24) is 0 Å². The molecule has 0 aromatic rings. The van der Waals surface area contributed by atoms with E-state index in [1.54, 1.807) is 0 Å². The second kappa shape index (κ2) is 5.71. The predicted octanol–water partition coefficient (Wildman–Crippen LogP) is 5.30. The van der Waals surface area contributed by atoms with Crippen LogP contribution in [-0.2, 0) is 4.74 Å². The molecule has 2 heteroatoms. The molecule has 2 fully saturated rings. The van der Waals surface area contributed by atoms with E-state index in [0.29, 0.717) is 11.5 Å². The van der Waals surface area contributed by atoms with E-state index in [2.05, 4.69) is 20.8 Å². The fourth-order valence-corrected chi connectivity index (χ4v) is 4.48. The summed E-state index contributed by atoms with van der Waals surface area (Å²) in [7, 11) is 0. The van der Waals surface area contributed by atoms with Crippen molar-refractivity contribution in [2.45, 2.75) is 95.6 Å². The zero-order valence-electron chi connectivity index (χ0n) is 12.3. The SMILES string of the molecule is CC(Cl)CC(C)(C)CC1CCC2(CCCCC2)O1. The van der Waals surface area contributed by atoms with E-state index < -0.39 is 0 Å². The van der Waals surface area contributed by atoms with Gasteiger partial charge in [0.15, 0.2) is 0 Å². The number of halogens is 1. The average Bonchev–Trinajstić information content (AvgIpc) is 2.59. The first-order valence-corrected chi connectivity index (χ1v) is 8.16.